The predicted molar refractivity (Wildman–Crippen MR) is 105 cm³/mol. The molecule has 1 amide bonds. The molecule has 3 aromatic rings. The molecule has 3 rings (SSSR count). The summed E-state index contributed by atoms with van der Waals surface area (Å²) in [5.74, 6) is -0.501. The zero-order chi connectivity index (χ0) is 18.7. The molecule has 6 heteroatoms. The zero-order valence-corrected chi connectivity index (χ0v) is 16.1. The Hall–Kier alpha value is -2.31. The van der Waals surface area contributed by atoms with Gasteiger partial charge in [-0.15, -0.1) is 0 Å². The molecule has 4 nitrogen and oxygen atoms in total. The largest absolute Gasteiger partial charge is 0.338 e. The van der Waals surface area contributed by atoms with Gasteiger partial charge in [-0.3, -0.25) is 9.69 Å². The summed E-state index contributed by atoms with van der Waals surface area (Å²) in [4.78, 5) is 20.7. The fourth-order valence-corrected chi connectivity index (χ4v) is 3.71. The van der Waals surface area contributed by atoms with E-state index in [4.69, 9.17) is 0 Å². The second-order valence-electron chi connectivity index (χ2n) is 6.57. The number of thiazole rings is 1. The highest BCUT2D eigenvalue weighted by Gasteiger charge is 2.22. The first-order valence-corrected chi connectivity index (χ1v) is 9.55. The highest BCUT2D eigenvalue weighted by atomic mass is 32.1. The van der Waals surface area contributed by atoms with Crippen LogP contribution in [0.15, 0.2) is 42.5 Å². The highest BCUT2D eigenvalue weighted by molar-refractivity contribution is 7.22. The minimum absolute atomic E-state index is 0.152. The fraction of sp³-hybridized carbons (Fsp3) is 0.300. The standard InChI is InChI=1S/C20H22FN3OS/c1-4-14-5-10-17-18(13-14)26-20(22-17)24(12-11-23(2)3)19(25)15-6-8-16(21)9-7-15/h5-10,13H,4,11-12H2,1-3H3/p+1. The molecular weight excluding hydrogens is 349 g/mol. The number of rotatable bonds is 6. The van der Waals surface area contributed by atoms with Gasteiger partial charge in [-0.05, 0) is 48.4 Å². The molecule has 26 heavy (non-hydrogen) atoms. The van der Waals surface area contributed by atoms with Gasteiger partial charge in [-0.2, -0.15) is 0 Å². The smallest absolute Gasteiger partial charge is 0.260 e. The molecule has 2 aromatic carbocycles. The number of hydrogen-bond donors (Lipinski definition) is 1. The summed E-state index contributed by atoms with van der Waals surface area (Å²) in [5.41, 5.74) is 2.62. The molecule has 1 aromatic heterocycles. The minimum atomic E-state index is -0.349. The van der Waals surface area contributed by atoms with Gasteiger partial charge in [0.25, 0.3) is 5.91 Å². The summed E-state index contributed by atoms with van der Waals surface area (Å²) < 4.78 is 14.3. The first-order chi connectivity index (χ1) is 12.5. The molecule has 0 fully saturated rings. The summed E-state index contributed by atoms with van der Waals surface area (Å²) in [5, 5.41) is 0.684. The van der Waals surface area contributed by atoms with Crippen LogP contribution in [0.4, 0.5) is 9.52 Å². The van der Waals surface area contributed by atoms with E-state index in [1.165, 1.54) is 46.1 Å². The van der Waals surface area contributed by atoms with E-state index in [-0.39, 0.29) is 11.7 Å². The van der Waals surface area contributed by atoms with Crippen molar-refractivity contribution in [2.75, 3.05) is 32.1 Å². The SMILES string of the molecule is CCc1ccc2nc(N(CC[NH+](C)C)C(=O)c3ccc(F)cc3)sc2c1. The van der Waals surface area contributed by atoms with Gasteiger partial charge in [0.15, 0.2) is 5.13 Å². The van der Waals surface area contributed by atoms with Gasteiger partial charge in [0.2, 0.25) is 0 Å². The van der Waals surface area contributed by atoms with Crippen molar-refractivity contribution in [2.24, 2.45) is 0 Å². The zero-order valence-electron chi connectivity index (χ0n) is 15.3. The Morgan fingerprint density at radius 1 is 1.19 bits per heavy atom. The molecule has 0 aliphatic heterocycles. The number of halogens is 1. The van der Waals surface area contributed by atoms with E-state index in [1.54, 1.807) is 4.90 Å². The number of anilines is 1. The van der Waals surface area contributed by atoms with E-state index in [2.05, 4.69) is 24.0 Å². The maximum Gasteiger partial charge on any atom is 0.260 e. The highest BCUT2D eigenvalue weighted by Crippen LogP contribution is 2.30. The van der Waals surface area contributed by atoms with Crippen LogP contribution in [0.25, 0.3) is 10.2 Å². The van der Waals surface area contributed by atoms with Crippen molar-refractivity contribution in [1.82, 2.24) is 4.98 Å². The molecule has 0 saturated carbocycles. The molecule has 136 valence electrons. The number of nitrogens with zero attached hydrogens (tertiary/aromatic N) is 2. The average Bonchev–Trinajstić information content (AvgIpc) is 3.04. The van der Waals surface area contributed by atoms with E-state index in [1.807, 2.05) is 20.2 Å². The number of fused-ring (bicyclic) bond motifs is 1. The van der Waals surface area contributed by atoms with Crippen LogP contribution in [0.3, 0.4) is 0 Å². The van der Waals surface area contributed by atoms with Crippen LogP contribution < -0.4 is 9.80 Å². The van der Waals surface area contributed by atoms with Crippen LogP contribution in [-0.4, -0.2) is 38.1 Å². The molecule has 0 radical (unpaired) electrons. The first kappa shape index (κ1) is 18.5. The molecule has 0 spiro atoms. The average molecular weight is 372 g/mol. The molecule has 0 aliphatic rings. The van der Waals surface area contributed by atoms with Crippen LogP contribution in [-0.2, 0) is 6.42 Å². The maximum atomic E-state index is 13.2. The van der Waals surface area contributed by atoms with Gasteiger partial charge >= 0.3 is 0 Å². The third-order valence-electron chi connectivity index (χ3n) is 4.25. The first-order valence-electron chi connectivity index (χ1n) is 8.74. The monoisotopic (exact) mass is 372 g/mol. The molecule has 1 N–H and O–H groups in total. The van der Waals surface area contributed by atoms with Crippen LogP contribution in [0, 0.1) is 5.82 Å². The van der Waals surface area contributed by atoms with E-state index >= 15 is 0 Å². The van der Waals surface area contributed by atoms with E-state index in [0.29, 0.717) is 17.2 Å². The third kappa shape index (κ3) is 4.08. The summed E-state index contributed by atoms with van der Waals surface area (Å²) >= 11 is 1.52. The van der Waals surface area contributed by atoms with Crippen molar-refractivity contribution in [2.45, 2.75) is 13.3 Å². The molecule has 0 atom stereocenters. The van der Waals surface area contributed by atoms with Crippen molar-refractivity contribution in [3.63, 3.8) is 0 Å². The predicted octanol–water partition coefficient (Wildman–Crippen LogP) is 2.79. The van der Waals surface area contributed by atoms with Crippen LogP contribution >= 0.6 is 11.3 Å². The summed E-state index contributed by atoms with van der Waals surface area (Å²) in [6.45, 7) is 3.47. The lowest BCUT2D eigenvalue weighted by atomic mass is 10.2. The normalized spacial score (nSPS) is 11.3. The number of aromatic nitrogens is 1. The maximum absolute atomic E-state index is 13.2. The number of nitrogens with one attached hydrogen (secondary N) is 1. The van der Waals surface area contributed by atoms with Crippen molar-refractivity contribution in [1.29, 1.82) is 0 Å². The number of aryl methyl sites for hydroxylation is 1. The van der Waals surface area contributed by atoms with Gasteiger partial charge in [-0.25, -0.2) is 9.37 Å². The number of quaternary nitrogens is 1. The van der Waals surface area contributed by atoms with Gasteiger partial charge in [0.1, 0.15) is 5.82 Å². The molecular formula is C20H23FN3OS+. The summed E-state index contributed by atoms with van der Waals surface area (Å²) in [6.07, 6.45) is 0.964. The molecule has 0 bridgehead atoms. The van der Waals surface area contributed by atoms with Crippen LogP contribution in [0.5, 0.6) is 0 Å². The van der Waals surface area contributed by atoms with Gasteiger partial charge < -0.3 is 4.90 Å². The Kier molecular flexibility index (Phi) is 5.64. The number of carbonyl (C=O) groups is 1. The lowest BCUT2D eigenvalue weighted by Gasteiger charge is -2.20. The fourth-order valence-electron chi connectivity index (χ4n) is 2.66. The van der Waals surface area contributed by atoms with E-state index < -0.39 is 0 Å². The van der Waals surface area contributed by atoms with Gasteiger partial charge in [-0.1, -0.05) is 24.3 Å². The van der Waals surface area contributed by atoms with E-state index in [9.17, 15) is 9.18 Å². The lowest BCUT2D eigenvalue weighted by molar-refractivity contribution is -0.856. The Morgan fingerprint density at radius 3 is 2.58 bits per heavy atom. The number of carbonyl (C=O) groups excluding carboxylic acids is 1. The molecule has 1 heterocycles. The Labute approximate surface area is 156 Å². The Bertz CT molecular complexity index is 905. The van der Waals surface area contributed by atoms with E-state index in [0.717, 1.165) is 23.2 Å². The van der Waals surface area contributed by atoms with Gasteiger partial charge in [0.05, 0.1) is 37.4 Å². The number of likely N-dealkylation sites (N-methyl/N-ethyl adjacent to an activating group) is 1. The summed E-state index contributed by atoms with van der Waals surface area (Å²) in [6, 6.07) is 11.9. The third-order valence-corrected chi connectivity index (χ3v) is 5.29. The van der Waals surface area contributed by atoms with Gasteiger partial charge in [0, 0.05) is 5.56 Å². The van der Waals surface area contributed by atoms with Crippen molar-refractivity contribution in [3.8, 4) is 0 Å². The van der Waals surface area contributed by atoms with Crippen LogP contribution in [0.2, 0.25) is 0 Å². The second kappa shape index (κ2) is 7.93. The Balaban J connectivity index is 1.97. The van der Waals surface area contributed by atoms with Crippen molar-refractivity contribution >= 4 is 32.6 Å². The summed E-state index contributed by atoms with van der Waals surface area (Å²) in [7, 11) is 4.10. The molecule has 0 unspecified atom stereocenters. The minimum Gasteiger partial charge on any atom is -0.338 e. The van der Waals surface area contributed by atoms with Crippen molar-refractivity contribution in [3.05, 3.63) is 59.4 Å². The number of benzene rings is 2. The molecule has 0 saturated heterocycles. The topological polar surface area (TPSA) is 37.6 Å². The van der Waals surface area contributed by atoms with Crippen molar-refractivity contribution < 1.29 is 14.1 Å². The van der Waals surface area contributed by atoms with Crippen LogP contribution in [0.1, 0.15) is 22.8 Å². The number of hydrogen-bond acceptors (Lipinski definition) is 3. The second-order valence-corrected chi connectivity index (χ2v) is 7.58. The molecule has 0 aliphatic carbocycles. The quantitative estimate of drug-likeness (QED) is 0.723. The number of amides is 1. The lowest BCUT2D eigenvalue weighted by Crippen LogP contribution is -3.06. The Morgan fingerprint density at radius 2 is 1.92 bits per heavy atom.